The minimum atomic E-state index is -0.285. The van der Waals surface area contributed by atoms with Crippen LogP contribution < -0.4 is 9.47 Å². The SMILES string of the molecule is C=C(/C=C(\C)O)Oc1cc(O)c(OC)c(CC=C(C)C)c1CO. The van der Waals surface area contributed by atoms with Crippen LogP contribution in [0.4, 0.5) is 0 Å². The summed E-state index contributed by atoms with van der Waals surface area (Å²) in [6.07, 6.45) is 3.79. The lowest BCUT2D eigenvalue weighted by molar-refractivity contribution is 0.271. The number of ether oxygens (including phenoxy) is 2. The van der Waals surface area contributed by atoms with Gasteiger partial charge in [-0.2, -0.15) is 0 Å². The van der Waals surface area contributed by atoms with Crippen LogP contribution in [0.1, 0.15) is 31.9 Å². The van der Waals surface area contributed by atoms with Gasteiger partial charge in [-0.05, 0) is 27.2 Å². The predicted molar refractivity (Wildman–Crippen MR) is 89.9 cm³/mol. The average molecular weight is 320 g/mol. The third-order valence-corrected chi connectivity index (χ3v) is 3.12. The number of methoxy groups -OCH3 is 1. The molecule has 0 aliphatic rings. The van der Waals surface area contributed by atoms with Gasteiger partial charge in [-0.25, -0.2) is 0 Å². The zero-order chi connectivity index (χ0) is 17.6. The van der Waals surface area contributed by atoms with Crippen molar-refractivity contribution in [3.05, 3.63) is 53.0 Å². The molecule has 1 rings (SSSR count). The zero-order valence-corrected chi connectivity index (χ0v) is 14.0. The summed E-state index contributed by atoms with van der Waals surface area (Å²) >= 11 is 0. The predicted octanol–water partition coefficient (Wildman–Crippen LogP) is 3.76. The fourth-order valence-corrected chi connectivity index (χ4v) is 2.14. The first-order chi connectivity index (χ1) is 10.8. The van der Waals surface area contributed by atoms with Gasteiger partial charge in [-0.15, -0.1) is 0 Å². The Kier molecular flexibility index (Phi) is 6.72. The molecule has 0 aliphatic heterocycles. The Labute approximate surface area is 136 Å². The first-order valence-electron chi connectivity index (χ1n) is 7.20. The minimum Gasteiger partial charge on any atom is -0.512 e. The van der Waals surface area contributed by atoms with Crippen molar-refractivity contribution in [1.82, 2.24) is 0 Å². The molecule has 0 saturated heterocycles. The lowest BCUT2D eigenvalue weighted by atomic mass is 10.0. The highest BCUT2D eigenvalue weighted by molar-refractivity contribution is 5.57. The van der Waals surface area contributed by atoms with Gasteiger partial charge in [0, 0.05) is 23.3 Å². The number of benzene rings is 1. The van der Waals surface area contributed by atoms with Gasteiger partial charge in [0.05, 0.1) is 19.5 Å². The first-order valence-corrected chi connectivity index (χ1v) is 7.20. The summed E-state index contributed by atoms with van der Waals surface area (Å²) in [6.45, 7) is 8.81. The van der Waals surface area contributed by atoms with Crippen molar-refractivity contribution in [1.29, 1.82) is 0 Å². The Balaban J connectivity index is 3.39. The molecule has 0 atom stereocenters. The fourth-order valence-electron chi connectivity index (χ4n) is 2.14. The van der Waals surface area contributed by atoms with E-state index in [1.165, 1.54) is 26.2 Å². The van der Waals surface area contributed by atoms with Crippen LogP contribution in [0.2, 0.25) is 0 Å². The summed E-state index contributed by atoms with van der Waals surface area (Å²) in [6, 6.07) is 1.36. The van der Waals surface area contributed by atoms with Gasteiger partial charge in [0.15, 0.2) is 11.5 Å². The van der Waals surface area contributed by atoms with Crippen molar-refractivity contribution in [3.63, 3.8) is 0 Å². The van der Waals surface area contributed by atoms with E-state index in [-0.39, 0.29) is 29.6 Å². The van der Waals surface area contributed by atoms with Crippen molar-refractivity contribution in [3.8, 4) is 17.2 Å². The van der Waals surface area contributed by atoms with E-state index in [0.717, 1.165) is 5.57 Å². The molecule has 1 aromatic carbocycles. The van der Waals surface area contributed by atoms with Crippen LogP contribution in [0.5, 0.6) is 17.2 Å². The maximum Gasteiger partial charge on any atom is 0.164 e. The molecule has 0 heterocycles. The lowest BCUT2D eigenvalue weighted by Gasteiger charge is -2.18. The molecule has 0 radical (unpaired) electrons. The standard InChI is InChI=1S/C18H24O5/c1-11(2)6-7-14-15(10-19)17(9-16(21)18(14)22-5)23-13(4)8-12(3)20/h6,8-9,19-21H,4,7,10H2,1-3,5H3/b12-8+. The van der Waals surface area contributed by atoms with E-state index in [1.54, 1.807) is 0 Å². The molecule has 1 aromatic rings. The average Bonchev–Trinajstić information content (AvgIpc) is 2.43. The Bertz CT molecular complexity index is 633. The third-order valence-electron chi connectivity index (χ3n) is 3.12. The van der Waals surface area contributed by atoms with Crippen molar-refractivity contribution < 1.29 is 24.8 Å². The number of phenolic OH excluding ortho intramolecular Hbond substituents is 1. The summed E-state index contributed by atoms with van der Waals surface area (Å²) in [7, 11) is 1.46. The van der Waals surface area contributed by atoms with Crippen LogP contribution >= 0.6 is 0 Å². The molecule has 0 spiro atoms. The number of hydrogen-bond donors (Lipinski definition) is 3. The number of aliphatic hydroxyl groups is 2. The molecule has 0 aliphatic carbocycles. The molecule has 0 aromatic heterocycles. The normalized spacial score (nSPS) is 11.1. The topological polar surface area (TPSA) is 79.2 Å². The zero-order valence-electron chi connectivity index (χ0n) is 14.0. The first kappa shape index (κ1) is 18.6. The summed E-state index contributed by atoms with van der Waals surface area (Å²) in [5, 5.41) is 29.1. The summed E-state index contributed by atoms with van der Waals surface area (Å²) in [4.78, 5) is 0. The van der Waals surface area contributed by atoms with Crippen LogP contribution in [0.15, 0.2) is 41.9 Å². The van der Waals surface area contributed by atoms with E-state index < -0.39 is 0 Å². The maximum absolute atomic E-state index is 10.2. The second-order valence-electron chi connectivity index (χ2n) is 5.38. The number of allylic oxidation sites excluding steroid dienone is 4. The summed E-state index contributed by atoms with van der Waals surface area (Å²) in [5.41, 5.74) is 2.25. The molecular weight excluding hydrogens is 296 g/mol. The van der Waals surface area contributed by atoms with Crippen LogP contribution in [0.25, 0.3) is 0 Å². The van der Waals surface area contributed by atoms with Gasteiger partial charge >= 0.3 is 0 Å². The van der Waals surface area contributed by atoms with Crippen LogP contribution in [-0.4, -0.2) is 22.4 Å². The molecule has 5 heteroatoms. The van der Waals surface area contributed by atoms with Gasteiger partial charge < -0.3 is 24.8 Å². The highest BCUT2D eigenvalue weighted by Gasteiger charge is 2.19. The minimum absolute atomic E-state index is 0.0445. The van der Waals surface area contributed by atoms with Gasteiger partial charge in [0.2, 0.25) is 0 Å². The number of aromatic hydroxyl groups is 1. The molecule has 0 bridgehead atoms. The van der Waals surface area contributed by atoms with Crippen molar-refractivity contribution in [2.24, 2.45) is 0 Å². The molecule has 0 fully saturated rings. The summed E-state index contributed by atoms with van der Waals surface area (Å²) in [5.74, 6) is 0.721. The molecule has 126 valence electrons. The Morgan fingerprint density at radius 2 is 1.91 bits per heavy atom. The maximum atomic E-state index is 10.2. The number of phenols is 1. The fraction of sp³-hybridized carbons (Fsp3) is 0.333. The van der Waals surface area contributed by atoms with Crippen molar-refractivity contribution >= 4 is 0 Å². The second kappa shape index (κ2) is 8.29. The molecule has 23 heavy (non-hydrogen) atoms. The van der Waals surface area contributed by atoms with Crippen LogP contribution in [0.3, 0.4) is 0 Å². The van der Waals surface area contributed by atoms with E-state index in [0.29, 0.717) is 23.3 Å². The van der Waals surface area contributed by atoms with Gasteiger partial charge in [0.25, 0.3) is 0 Å². The Hall–Kier alpha value is -2.40. The lowest BCUT2D eigenvalue weighted by Crippen LogP contribution is -2.03. The van der Waals surface area contributed by atoms with Crippen LogP contribution in [-0.2, 0) is 13.0 Å². The van der Waals surface area contributed by atoms with Crippen LogP contribution in [0, 0.1) is 0 Å². The highest BCUT2D eigenvalue weighted by Crippen LogP contribution is 2.40. The van der Waals surface area contributed by atoms with Gasteiger partial charge in [0.1, 0.15) is 11.5 Å². The molecular formula is C18H24O5. The molecule has 0 amide bonds. The largest absolute Gasteiger partial charge is 0.512 e. The van der Waals surface area contributed by atoms with E-state index in [1.807, 2.05) is 19.9 Å². The molecule has 5 nitrogen and oxygen atoms in total. The van der Waals surface area contributed by atoms with E-state index in [4.69, 9.17) is 9.47 Å². The number of aliphatic hydroxyl groups excluding tert-OH is 2. The molecule has 0 unspecified atom stereocenters. The van der Waals surface area contributed by atoms with E-state index in [9.17, 15) is 15.3 Å². The Morgan fingerprint density at radius 3 is 2.39 bits per heavy atom. The second-order valence-corrected chi connectivity index (χ2v) is 5.38. The van der Waals surface area contributed by atoms with Crippen molar-refractivity contribution in [2.75, 3.05) is 7.11 Å². The monoisotopic (exact) mass is 320 g/mol. The van der Waals surface area contributed by atoms with Crippen molar-refractivity contribution in [2.45, 2.75) is 33.8 Å². The summed E-state index contributed by atoms with van der Waals surface area (Å²) < 4.78 is 10.8. The smallest absolute Gasteiger partial charge is 0.164 e. The molecule has 0 saturated carbocycles. The third kappa shape index (κ3) is 5.07. The van der Waals surface area contributed by atoms with E-state index >= 15 is 0 Å². The number of hydrogen-bond acceptors (Lipinski definition) is 5. The number of rotatable bonds is 7. The highest BCUT2D eigenvalue weighted by atomic mass is 16.5. The van der Waals surface area contributed by atoms with Gasteiger partial charge in [-0.3, -0.25) is 0 Å². The molecule has 3 N–H and O–H groups in total. The Morgan fingerprint density at radius 1 is 1.26 bits per heavy atom. The van der Waals surface area contributed by atoms with Gasteiger partial charge in [-0.1, -0.05) is 18.2 Å². The van der Waals surface area contributed by atoms with E-state index in [2.05, 4.69) is 6.58 Å². The quantitative estimate of drug-likeness (QED) is 0.405.